The minimum Gasteiger partial charge on any atom is -0.423 e. The molecule has 2 rings (SSSR count). The van der Waals surface area contributed by atoms with E-state index in [1.54, 1.807) is 26.0 Å². The summed E-state index contributed by atoms with van der Waals surface area (Å²) in [5.41, 5.74) is 6.38. The lowest BCUT2D eigenvalue weighted by atomic mass is 9.92. The monoisotopic (exact) mass is 260 g/mol. The van der Waals surface area contributed by atoms with Crippen LogP contribution >= 0.6 is 0 Å². The maximum absolute atomic E-state index is 12.0. The van der Waals surface area contributed by atoms with E-state index in [0.29, 0.717) is 11.6 Å². The van der Waals surface area contributed by atoms with Gasteiger partial charge in [-0.15, -0.1) is 10.2 Å². The van der Waals surface area contributed by atoms with E-state index in [2.05, 4.69) is 15.5 Å². The van der Waals surface area contributed by atoms with Crippen molar-refractivity contribution in [2.24, 2.45) is 11.1 Å². The van der Waals surface area contributed by atoms with E-state index in [9.17, 15) is 4.79 Å². The molecule has 6 nitrogen and oxygen atoms in total. The zero-order valence-corrected chi connectivity index (χ0v) is 10.9. The van der Waals surface area contributed by atoms with Gasteiger partial charge in [-0.1, -0.05) is 6.07 Å². The number of nitrogens with one attached hydrogen (secondary N) is 1. The van der Waals surface area contributed by atoms with E-state index < -0.39 is 5.41 Å². The lowest BCUT2D eigenvalue weighted by Crippen LogP contribution is -2.37. The minimum atomic E-state index is -0.611. The van der Waals surface area contributed by atoms with Crippen LogP contribution in [0.4, 0.5) is 5.69 Å². The third-order valence-electron chi connectivity index (χ3n) is 2.85. The zero-order valence-electron chi connectivity index (χ0n) is 10.9. The predicted octanol–water partition coefficient (Wildman–Crippen LogP) is 1.66. The summed E-state index contributed by atoms with van der Waals surface area (Å²) in [7, 11) is 0. The van der Waals surface area contributed by atoms with Gasteiger partial charge in [0.25, 0.3) is 0 Å². The molecular formula is C13H16N4O2. The number of hydrogen-bond donors (Lipinski definition) is 2. The average molecular weight is 260 g/mol. The number of anilines is 1. The fraction of sp³-hybridized carbons (Fsp3) is 0.308. The Labute approximate surface area is 111 Å². The Bertz CT molecular complexity index is 564. The van der Waals surface area contributed by atoms with Crippen molar-refractivity contribution >= 4 is 11.6 Å². The Morgan fingerprint density at radius 2 is 2.26 bits per heavy atom. The van der Waals surface area contributed by atoms with Crippen LogP contribution in [0.1, 0.15) is 13.8 Å². The number of amides is 1. The molecular weight excluding hydrogens is 244 g/mol. The van der Waals surface area contributed by atoms with Crippen molar-refractivity contribution < 1.29 is 9.21 Å². The van der Waals surface area contributed by atoms with Crippen molar-refractivity contribution in [1.29, 1.82) is 0 Å². The molecule has 1 heterocycles. The van der Waals surface area contributed by atoms with Gasteiger partial charge in [0, 0.05) is 17.8 Å². The molecule has 0 aliphatic heterocycles. The maximum Gasteiger partial charge on any atom is 0.247 e. The number of nitrogens with zero attached hydrogens (tertiary/aromatic N) is 2. The molecule has 19 heavy (non-hydrogen) atoms. The third-order valence-corrected chi connectivity index (χ3v) is 2.85. The van der Waals surface area contributed by atoms with Crippen molar-refractivity contribution in [3.8, 4) is 11.5 Å². The summed E-state index contributed by atoms with van der Waals surface area (Å²) < 4.78 is 5.11. The molecule has 3 N–H and O–H groups in total. The Morgan fingerprint density at radius 1 is 1.47 bits per heavy atom. The normalized spacial score (nSPS) is 11.3. The number of carbonyl (C=O) groups is 1. The van der Waals surface area contributed by atoms with E-state index >= 15 is 0 Å². The number of benzene rings is 1. The van der Waals surface area contributed by atoms with E-state index in [-0.39, 0.29) is 12.5 Å². The Kier molecular flexibility index (Phi) is 3.62. The van der Waals surface area contributed by atoms with Gasteiger partial charge in [-0.3, -0.25) is 4.79 Å². The minimum absolute atomic E-state index is 0.127. The number of rotatable bonds is 4. The summed E-state index contributed by atoms with van der Waals surface area (Å²) >= 11 is 0. The number of aromatic nitrogens is 2. The topological polar surface area (TPSA) is 94.0 Å². The van der Waals surface area contributed by atoms with Crippen LogP contribution in [0.15, 0.2) is 35.1 Å². The maximum atomic E-state index is 12.0. The number of hydrogen-bond acceptors (Lipinski definition) is 5. The van der Waals surface area contributed by atoms with Crippen LogP contribution in [-0.2, 0) is 4.79 Å². The van der Waals surface area contributed by atoms with Crippen LogP contribution in [0, 0.1) is 5.41 Å². The number of nitrogens with two attached hydrogens (primary N) is 1. The molecule has 0 aliphatic rings. The van der Waals surface area contributed by atoms with Gasteiger partial charge in [0.15, 0.2) is 0 Å². The summed E-state index contributed by atoms with van der Waals surface area (Å²) in [6.45, 7) is 3.87. The summed E-state index contributed by atoms with van der Waals surface area (Å²) in [6.07, 6.45) is 1.26. The fourth-order valence-electron chi connectivity index (χ4n) is 1.42. The molecule has 0 spiro atoms. The van der Waals surface area contributed by atoms with Gasteiger partial charge in [0.2, 0.25) is 18.2 Å². The van der Waals surface area contributed by atoms with E-state index in [4.69, 9.17) is 10.2 Å². The van der Waals surface area contributed by atoms with Crippen molar-refractivity contribution in [1.82, 2.24) is 10.2 Å². The summed E-state index contributed by atoms with van der Waals surface area (Å²) in [5, 5.41) is 10.3. The Balaban J connectivity index is 2.19. The van der Waals surface area contributed by atoms with Crippen molar-refractivity contribution in [3.05, 3.63) is 30.7 Å². The highest BCUT2D eigenvalue weighted by molar-refractivity contribution is 5.95. The average Bonchev–Trinajstić information content (AvgIpc) is 2.93. The lowest BCUT2D eigenvalue weighted by molar-refractivity contribution is -0.123. The summed E-state index contributed by atoms with van der Waals surface area (Å²) in [4.78, 5) is 12.0. The summed E-state index contributed by atoms with van der Waals surface area (Å²) in [6, 6.07) is 7.21. The number of carbonyl (C=O) groups excluding carboxylic acids is 1. The third kappa shape index (κ3) is 2.97. The highest BCUT2D eigenvalue weighted by Crippen LogP contribution is 2.22. The highest BCUT2D eigenvalue weighted by atomic mass is 16.4. The fourth-order valence-corrected chi connectivity index (χ4v) is 1.42. The standard InChI is InChI=1S/C13H16N4O2/c1-13(2,7-14)12(18)16-10-5-3-4-9(6-10)11-17-15-8-19-11/h3-6,8H,7,14H2,1-2H3,(H,16,18). The molecule has 1 aromatic carbocycles. The smallest absolute Gasteiger partial charge is 0.247 e. The first-order chi connectivity index (χ1) is 9.03. The molecule has 6 heteroatoms. The van der Waals surface area contributed by atoms with E-state index in [1.165, 1.54) is 6.39 Å². The van der Waals surface area contributed by atoms with Crippen LogP contribution < -0.4 is 11.1 Å². The zero-order chi connectivity index (χ0) is 13.9. The molecule has 100 valence electrons. The lowest BCUT2D eigenvalue weighted by Gasteiger charge is -2.21. The highest BCUT2D eigenvalue weighted by Gasteiger charge is 2.25. The molecule has 1 aromatic heterocycles. The molecule has 1 amide bonds. The molecule has 0 fully saturated rings. The van der Waals surface area contributed by atoms with Gasteiger partial charge >= 0.3 is 0 Å². The predicted molar refractivity (Wildman–Crippen MR) is 71.2 cm³/mol. The van der Waals surface area contributed by atoms with E-state index in [1.807, 2.05) is 12.1 Å². The SMILES string of the molecule is CC(C)(CN)C(=O)Nc1cccc(-c2nnco2)c1. The quantitative estimate of drug-likeness (QED) is 0.871. The molecule has 0 aliphatic carbocycles. The Morgan fingerprint density at radius 3 is 2.89 bits per heavy atom. The van der Waals surface area contributed by atoms with Gasteiger partial charge in [0.05, 0.1) is 5.41 Å². The van der Waals surface area contributed by atoms with E-state index in [0.717, 1.165) is 5.56 Å². The van der Waals surface area contributed by atoms with Crippen LogP contribution in [0.2, 0.25) is 0 Å². The molecule has 0 saturated carbocycles. The molecule has 0 saturated heterocycles. The van der Waals surface area contributed by atoms with Crippen molar-refractivity contribution in [3.63, 3.8) is 0 Å². The van der Waals surface area contributed by atoms with Gasteiger partial charge in [-0.2, -0.15) is 0 Å². The van der Waals surface area contributed by atoms with Gasteiger partial charge < -0.3 is 15.5 Å². The van der Waals surface area contributed by atoms with Crippen LogP contribution in [0.25, 0.3) is 11.5 Å². The first kappa shape index (κ1) is 13.2. The molecule has 0 atom stereocenters. The van der Waals surface area contributed by atoms with Gasteiger partial charge in [-0.25, -0.2) is 0 Å². The second-order valence-corrected chi connectivity index (χ2v) is 4.87. The van der Waals surface area contributed by atoms with Crippen molar-refractivity contribution in [2.75, 3.05) is 11.9 Å². The van der Waals surface area contributed by atoms with Crippen molar-refractivity contribution in [2.45, 2.75) is 13.8 Å². The largest absolute Gasteiger partial charge is 0.423 e. The molecule has 0 unspecified atom stereocenters. The molecule has 0 bridgehead atoms. The van der Waals surface area contributed by atoms with Gasteiger partial charge in [0.1, 0.15) is 0 Å². The first-order valence-corrected chi connectivity index (χ1v) is 5.91. The first-order valence-electron chi connectivity index (χ1n) is 5.91. The van der Waals surface area contributed by atoms with Crippen LogP contribution in [0.5, 0.6) is 0 Å². The summed E-state index contributed by atoms with van der Waals surface area (Å²) in [5.74, 6) is 0.284. The second-order valence-electron chi connectivity index (χ2n) is 4.87. The molecule has 2 aromatic rings. The van der Waals surface area contributed by atoms with Gasteiger partial charge in [-0.05, 0) is 32.0 Å². The second kappa shape index (κ2) is 5.19. The van der Waals surface area contributed by atoms with Crippen LogP contribution in [0.3, 0.4) is 0 Å². The van der Waals surface area contributed by atoms with Crippen LogP contribution in [-0.4, -0.2) is 22.6 Å². The Hall–Kier alpha value is -2.21. The molecule has 0 radical (unpaired) electrons.